The van der Waals surface area contributed by atoms with E-state index in [0.29, 0.717) is 18.4 Å². The SMILES string of the molecule is COC1(C(=O)Cc2cc(Br)ccc2F)CCC(C)(C)CC1. The van der Waals surface area contributed by atoms with Gasteiger partial charge in [-0.2, -0.15) is 0 Å². The average Bonchev–Trinajstić information content (AvgIpc) is 2.43. The Labute approximate surface area is 134 Å². The minimum atomic E-state index is -0.746. The Bertz CT molecular complexity index is 530. The molecule has 2 rings (SSSR count). The molecule has 0 heterocycles. The van der Waals surface area contributed by atoms with E-state index < -0.39 is 5.60 Å². The molecular weight excluding hydrogens is 335 g/mol. The van der Waals surface area contributed by atoms with Crippen LogP contribution in [0.5, 0.6) is 0 Å². The van der Waals surface area contributed by atoms with E-state index in [2.05, 4.69) is 29.8 Å². The summed E-state index contributed by atoms with van der Waals surface area (Å²) in [6.07, 6.45) is 3.41. The van der Waals surface area contributed by atoms with E-state index in [1.165, 1.54) is 6.07 Å². The van der Waals surface area contributed by atoms with Crippen LogP contribution in [0.25, 0.3) is 0 Å². The van der Waals surface area contributed by atoms with E-state index >= 15 is 0 Å². The van der Waals surface area contributed by atoms with Gasteiger partial charge in [0, 0.05) is 18.0 Å². The molecule has 0 radical (unpaired) electrons. The number of benzene rings is 1. The number of methoxy groups -OCH3 is 1. The van der Waals surface area contributed by atoms with Gasteiger partial charge in [0.25, 0.3) is 0 Å². The summed E-state index contributed by atoms with van der Waals surface area (Å²) in [6.45, 7) is 4.43. The lowest BCUT2D eigenvalue weighted by molar-refractivity contribution is -0.147. The Morgan fingerprint density at radius 3 is 2.48 bits per heavy atom. The van der Waals surface area contributed by atoms with E-state index in [0.717, 1.165) is 17.3 Å². The van der Waals surface area contributed by atoms with Gasteiger partial charge >= 0.3 is 0 Å². The molecule has 1 aliphatic rings. The van der Waals surface area contributed by atoms with Gasteiger partial charge in [-0.05, 0) is 54.9 Å². The molecule has 0 unspecified atom stereocenters. The number of Topliss-reactive ketones (excluding diaryl/α,β-unsaturated/α-hetero) is 1. The summed E-state index contributed by atoms with van der Waals surface area (Å²) >= 11 is 3.32. The summed E-state index contributed by atoms with van der Waals surface area (Å²) in [7, 11) is 1.59. The zero-order chi connectivity index (χ0) is 15.7. The minimum Gasteiger partial charge on any atom is -0.370 e. The number of carbonyl (C=O) groups is 1. The second-order valence-corrected chi connectivity index (χ2v) is 7.61. The minimum absolute atomic E-state index is 0.0162. The van der Waals surface area contributed by atoms with Crippen molar-refractivity contribution in [3.63, 3.8) is 0 Å². The normalized spacial score (nSPS) is 20.2. The molecule has 2 nitrogen and oxygen atoms in total. The molecule has 0 N–H and O–H groups in total. The third kappa shape index (κ3) is 3.72. The standard InChI is InChI=1S/C17H22BrFO2/c1-16(2)6-8-17(21-3,9-7-16)15(20)11-12-10-13(18)4-5-14(12)19/h4-5,10H,6-9,11H2,1-3H3. The molecule has 0 bridgehead atoms. The molecular formula is C17H22BrFO2. The Hall–Kier alpha value is -0.740. The van der Waals surface area contributed by atoms with Crippen LogP contribution in [0.1, 0.15) is 45.1 Å². The topological polar surface area (TPSA) is 26.3 Å². The molecule has 1 aromatic carbocycles. The number of ether oxygens (including phenoxy) is 1. The molecule has 0 saturated heterocycles. The lowest BCUT2D eigenvalue weighted by Gasteiger charge is -2.41. The van der Waals surface area contributed by atoms with Crippen LogP contribution < -0.4 is 0 Å². The summed E-state index contributed by atoms with van der Waals surface area (Å²) < 4.78 is 20.2. The fourth-order valence-corrected chi connectivity index (χ4v) is 3.35. The fourth-order valence-electron chi connectivity index (χ4n) is 2.94. The zero-order valence-corrected chi connectivity index (χ0v) is 14.4. The number of hydrogen-bond donors (Lipinski definition) is 0. The van der Waals surface area contributed by atoms with Crippen molar-refractivity contribution in [2.75, 3.05) is 7.11 Å². The van der Waals surface area contributed by atoms with Crippen LogP contribution in [0.15, 0.2) is 22.7 Å². The predicted octanol–water partition coefficient (Wildman–Crippen LogP) is 4.69. The van der Waals surface area contributed by atoms with Gasteiger partial charge in [0.1, 0.15) is 11.4 Å². The van der Waals surface area contributed by atoms with Crippen LogP contribution >= 0.6 is 15.9 Å². The highest BCUT2D eigenvalue weighted by Crippen LogP contribution is 2.42. The smallest absolute Gasteiger partial charge is 0.169 e. The number of hydrogen-bond acceptors (Lipinski definition) is 2. The first kappa shape index (κ1) is 16.6. The summed E-state index contributed by atoms with van der Waals surface area (Å²) in [5, 5.41) is 0. The van der Waals surface area contributed by atoms with E-state index in [1.807, 2.05) is 0 Å². The van der Waals surface area contributed by atoms with Crippen molar-refractivity contribution < 1.29 is 13.9 Å². The molecule has 116 valence electrons. The zero-order valence-electron chi connectivity index (χ0n) is 12.8. The lowest BCUT2D eigenvalue weighted by atomic mass is 9.69. The van der Waals surface area contributed by atoms with Gasteiger partial charge in [-0.1, -0.05) is 29.8 Å². The molecule has 0 atom stereocenters. The molecule has 1 fully saturated rings. The van der Waals surface area contributed by atoms with Crippen LogP contribution in [0.2, 0.25) is 0 Å². The van der Waals surface area contributed by atoms with Gasteiger partial charge < -0.3 is 4.74 Å². The lowest BCUT2D eigenvalue weighted by Crippen LogP contribution is -2.46. The first-order chi connectivity index (χ1) is 9.78. The van der Waals surface area contributed by atoms with Gasteiger partial charge in [0.2, 0.25) is 0 Å². The molecule has 0 spiro atoms. The summed E-state index contributed by atoms with van der Waals surface area (Å²) in [5.74, 6) is -0.355. The van der Waals surface area contributed by atoms with Crippen molar-refractivity contribution in [1.82, 2.24) is 0 Å². The molecule has 1 aromatic rings. The number of ketones is 1. The second kappa shape index (κ2) is 6.17. The maximum Gasteiger partial charge on any atom is 0.169 e. The highest BCUT2D eigenvalue weighted by atomic mass is 79.9. The Morgan fingerprint density at radius 2 is 1.90 bits per heavy atom. The van der Waals surface area contributed by atoms with Crippen LogP contribution in [0.3, 0.4) is 0 Å². The Kier molecular flexibility index (Phi) is 4.89. The third-order valence-electron chi connectivity index (χ3n) is 4.67. The van der Waals surface area contributed by atoms with Gasteiger partial charge in [0.05, 0.1) is 0 Å². The van der Waals surface area contributed by atoms with E-state index in [-0.39, 0.29) is 23.4 Å². The molecule has 21 heavy (non-hydrogen) atoms. The van der Waals surface area contributed by atoms with E-state index in [1.54, 1.807) is 19.2 Å². The third-order valence-corrected chi connectivity index (χ3v) is 5.16. The van der Waals surface area contributed by atoms with Crippen molar-refractivity contribution in [1.29, 1.82) is 0 Å². The maximum atomic E-state index is 13.8. The van der Waals surface area contributed by atoms with Crippen LogP contribution in [0.4, 0.5) is 4.39 Å². The van der Waals surface area contributed by atoms with Crippen LogP contribution in [-0.4, -0.2) is 18.5 Å². The van der Waals surface area contributed by atoms with Gasteiger partial charge in [-0.15, -0.1) is 0 Å². The molecule has 4 heteroatoms. The monoisotopic (exact) mass is 356 g/mol. The molecule has 1 saturated carbocycles. The predicted molar refractivity (Wildman–Crippen MR) is 84.8 cm³/mol. The Morgan fingerprint density at radius 1 is 1.29 bits per heavy atom. The molecule has 0 aromatic heterocycles. The highest BCUT2D eigenvalue weighted by molar-refractivity contribution is 9.10. The number of carbonyl (C=O) groups excluding carboxylic acids is 1. The number of rotatable bonds is 4. The second-order valence-electron chi connectivity index (χ2n) is 6.70. The van der Waals surface area contributed by atoms with Crippen molar-refractivity contribution >= 4 is 21.7 Å². The highest BCUT2D eigenvalue weighted by Gasteiger charge is 2.43. The quantitative estimate of drug-likeness (QED) is 0.782. The maximum absolute atomic E-state index is 13.8. The number of halogens is 2. The van der Waals surface area contributed by atoms with Crippen molar-refractivity contribution in [2.45, 2.75) is 51.6 Å². The Balaban J connectivity index is 2.16. The average molecular weight is 357 g/mol. The summed E-state index contributed by atoms with van der Waals surface area (Å²) in [6, 6.07) is 4.69. The molecule has 0 aliphatic heterocycles. The van der Waals surface area contributed by atoms with Crippen LogP contribution in [0, 0.1) is 11.2 Å². The van der Waals surface area contributed by atoms with Gasteiger partial charge in [-0.25, -0.2) is 4.39 Å². The fraction of sp³-hybridized carbons (Fsp3) is 0.588. The first-order valence-corrected chi connectivity index (χ1v) is 8.10. The van der Waals surface area contributed by atoms with Crippen molar-refractivity contribution in [3.05, 3.63) is 34.1 Å². The van der Waals surface area contributed by atoms with Crippen LogP contribution in [-0.2, 0) is 16.0 Å². The first-order valence-electron chi connectivity index (χ1n) is 7.30. The molecule has 0 amide bonds. The van der Waals surface area contributed by atoms with Gasteiger partial charge in [0.15, 0.2) is 5.78 Å². The van der Waals surface area contributed by atoms with Gasteiger partial charge in [-0.3, -0.25) is 4.79 Å². The van der Waals surface area contributed by atoms with E-state index in [4.69, 9.17) is 4.74 Å². The summed E-state index contributed by atoms with van der Waals surface area (Å²) in [5.41, 5.74) is -0.0659. The van der Waals surface area contributed by atoms with E-state index in [9.17, 15) is 9.18 Å². The summed E-state index contributed by atoms with van der Waals surface area (Å²) in [4.78, 5) is 12.7. The van der Waals surface area contributed by atoms with Crippen molar-refractivity contribution in [3.8, 4) is 0 Å². The molecule has 1 aliphatic carbocycles. The van der Waals surface area contributed by atoms with Crippen molar-refractivity contribution in [2.24, 2.45) is 5.41 Å². The largest absolute Gasteiger partial charge is 0.370 e.